The van der Waals surface area contributed by atoms with Crippen LogP contribution in [-0.2, 0) is 41.8 Å². The van der Waals surface area contributed by atoms with Crippen molar-refractivity contribution in [3.8, 4) is 45.1 Å². The molecule has 18 nitrogen and oxygen atoms in total. The first kappa shape index (κ1) is 50.0. The third-order valence-electron chi connectivity index (χ3n) is 15.6. The summed E-state index contributed by atoms with van der Waals surface area (Å²) in [5.41, 5.74) is 6.16. The Bertz CT molecular complexity index is 2510. The van der Waals surface area contributed by atoms with Gasteiger partial charge in [0.05, 0.1) is 50.7 Å². The smallest absolute Gasteiger partial charge is 0.407 e. The molecule has 2 aromatic carbocycles. The van der Waals surface area contributed by atoms with Crippen molar-refractivity contribution in [1.82, 2.24) is 40.4 Å². The van der Waals surface area contributed by atoms with Crippen LogP contribution in [0.2, 0.25) is 10.3 Å². The van der Waals surface area contributed by atoms with Crippen LogP contribution in [0.1, 0.15) is 128 Å². The standard InChI is InChI=1S/C52H64Cl2N8O10/c1-23-9-11-35(61(23)49(63)43(57-51(65)67-7)29-13-25(3)71-26(4)14-29)47-55-41(45(53)59-47)31-17-33-21-70-38-20-32(18-34-22-69-37(19-31)39(33)40(34)38)42-46(54)60-48(56-42)36-12-10-24(2)62(36)50(64)44(58-52(66)68-8)30-15-27(5)72-28(6)16-30/h17-20,23-30,35-36,43-44H,9-16,21-22H2,1-8H3,(H,55,59)(H,56,60)(H,57,65)(H,58,66)/t23-,24-,25+,26+,27+,28+,35-,36-,43-,44-/m0/s1. The molecule has 4 N–H and O–H groups in total. The van der Waals surface area contributed by atoms with E-state index in [0.29, 0.717) is 83.4 Å². The maximum Gasteiger partial charge on any atom is 0.407 e. The lowest BCUT2D eigenvalue weighted by Gasteiger charge is -2.39. The highest BCUT2D eigenvalue weighted by molar-refractivity contribution is 6.32. The summed E-state index contributed by atoms with van der Waals surface area (Å²) in [7, 11) is 2.59. The maximum atomic E-state index is 14.6. The fourth-order valence-corrected chi connectivity index (χ4v) is 13.0. The molecule has 10 rings (SSSR count). The molecule has 0 unspecified atom stereocenters. The van der Waals surface area contributed by atoms with E-state index in [1.54, 1.807) is 0 Å². The molecule has 0 aliphatic carbocycles. The number of nitrogens with zero attached hydrogens (tertiary/aromatic N) is 4. The third kappa shape index (κ3) is 9.36. The largest absolute Gasteiger partial charge is 0.488 e. The van der Waals surface area contributed by atoms with Crippen molar-refractivity contribution in [1.29, 1.82) is 0 Å². The number of halogens is 2. The van der Waals surface area contributed by atoms with Crippen LogP contribution < -0.4 is 20.1 Å². The van der Waals surface area contributed by atoms with E-state index < -0.39 is 36.4 Å². The average molecular weight is 1030 g/mol. The van der Waals surface area contributed by atoms with E-state index in [1.165, 1.54) is 14.2 Å². The number of amides is 4. The van der Waals surface area contributed by atoms with Crippen molar-refractivity contribution in [2.24, 2.45) is 11.8 Å². The molecule has 8 heterocycles. The van der Waals surface area contributed by atoms with Crippen LogP contribution in [0.4, 0.5) is 9.59 Å². The molecular weight excluding hydrogens is 968 g/mol. The Morgan fingerprint density at radius 2 is 0.986 bits per heavy atom. The molecule has 72 heavy (non-hydrogen) atoms. The van der Waals surface area contributed by atoms with Crippen molar-refractivity contribution in [3.05, 3.63) is 57.3 Å². The Labute approximate surface area is 428 Å². The fourth-order valence-electron chi connectivity index (χ4n) is 12.6. The number of carbonyl (C=O) groups is 4. The summed E-state index contributed by atoms with van der Waals surface area (Å²) in [6.07, 6.45) is 3.71. The normalized spacial score (nSPS) is 28.3. The van der Waals surface area contributed by atoms with Crippen molar-refractivity contribution in [3.63, 3.8) is 0 Å². The number of ether oxygens (including phenoxy) is 6. The van der Waals surface area contributed by atoms with Crippen LogP contribution in [0.3, 0.4) is 0 Å². The van der Waals surface area contributed by atoms with Crippen molar-refractivity contribution < 1.29 is 47.6 Å². The number of methoxy groups -OCH3 is 2. The van der Waals surface area contributed by atoms with Gasteiger partial charge in [-0.05, 0) is 129 Å². The van der Waals surface area contributed by atoms with E-state index in [4.69, 9.17) is 61.6 Å². The molecule has 20 heteroatoms. The molecule has 0 spiro atoms. The molecule has 2 aromatic heterocycles. The number of nitrogens with one attached hydrogen (secondary N) is 4. The van der Waals surface area contributed by atoms with E-state index in [2.05, 4.69) is 20.6 Å². The molecular formula is C52H64Cl2N8O10. The molecule has 6 aliphatic heterocycles. The van der Waals surface area contributed by atoms with Gasteiger partial charge in [0.15, 0.2) is 0 Å². The Morgan fingerprint density at radius 3 is 1.35 bits per heavy atom. The Hall–Kier alpha value is -5.56. The summed E-state index contributed by atoms with van der Waals surface area (Å²) in [6.45, 7) is 12.5. The lowest BCUT2D eigenvalue weighted by molar-refractivity contribution is -0.141. The summed E-state index contributed by atoms with van der Waals surface area (Å²) in [5.74, 6) is 1.78. The third-order valence-corrected chi connectivity index (χ3v) is 16.2. The molecule has 386 valence electrons. The minimum atomic E-state index is -0.806. The molecule has 4 aromatic rings. The quantitative estimate of drug-likeness (QED) is 0.117. The lowest BCUT2D eigenvalue weighted by atomic mass is 9.85. The number of carbonyl (C=O) groups excluding carboxylic acids is 4. The van der Waals surface area contributed by atoms with Crippen LogP contribution in [0.5, 0.6) is 11.5 Å². The number of aromatic amines is 2. The fraction of sp³-hybridized carbons (Fsp3) is 0.577. The Kier molecular flexibility index (Phi) is 13.9. The number of imidazole rings is 2. The van der Waals surface area contributed by atoms with Gasteiger partial charge >= 0.3 is 12.2 Å². The Morgan fingerprint density at radius 1 is 0.611 bits per heavy atom. The number of alkyl carbamates (subject to hydrolysis) is 2. The zero-order valence-corrected chi connectivity index (χ0v) is 43.4. The second kappa shape index (κ2) is 20.0. The van der Waals surface area contributed by atoms with Gasteiger partial charge in [0.1, 0.15) is 70.1 Å². The van der Waals surface area contributed by atoms with Gasteiger partial charge in [-0.1, -0.05) is 23.2 Å². The number of benzene rings is 2. The zero-order chi connectivity index (χ0) is 50.9. The van der Waals surface area contributed by atoms with Crippen molar-refractivity contribution in [2.75, 3.05) is 14.2 Å². The first-order valence-corrected chi connectivity index (χ1v) is 26.0. The van der Waals surface area contributed by atoms with Gasteiger partial charge in [-0.15, -0.1) is 0 Å². The first-order valence-electron chi connectivity index (χ1n) is 25.3. The van der Waals surface area contributed by atoms with Crippen LogP contribution in [-0.4, -0.2) is 117 Å². The SMILES string of the molecule is COC(=O)N[C@H](C(=O)N1[C@@H](C)CC[C@H]1c1nc(-c2cc3c4c(c2)OCc2cc(-c5nc([C@@H]6CC[C@H](C)N6C(=O)[C@@H](NC(=O)OC)C6C[C@@H](C)O[C@H](C)C6)[nH]c5Cl)cc(c2-4)OC3)c(Cl)[nH]1)C1C[C@@H](C)O[C@H](C)C1. The maximum absolute atomic E-state index is 14.6. The average Bonchev–Trinajstić information content (AvgIpc) is 4.14. The predicted molar refractivity (Wildman–Crippen MR) is 266 cm³/mol. The monoisotopic (exact) mass is 1030 g/mol. The molecule has 4 amide bonds. The Balaban J connectivity index is 0.902. The number of H-pyrrole nitrogens is 2. The highest BCUT2D eigenvalue weighted by atomic mass is 35.5. The van der Waals surface area contributed by atoms with Gasteiger partial charge < -0.3 is 58.8 Å². The molecule has 4 fully saturated rings. The van der Waals surface area contributed by atoms with Crippen LogP contribution in [0.15, 0.2) is 24.3 Å². The number of rotatable bonds is 10. The highest BCUT2D eigenvalue weighted by Crippen LogP contribution is 2.52. The van der Waals surface area contributed by atoms with Gasteiger partial charge in [0.25, 0.3) is 0 Å². The summed E-state index contributed by atoms with van der Waals surface area (Å²) in [5, 5.41) is 6.39. The second-order valence-corrected chi connectivity index (χ2v) is 21.5. The van der Waals surface area contributed by atoms with E-state index in [-0.39, 0.29) is 73.4 Å². The van der Waals surface area contributed by atoms with Gasteiger partial charge in [0, 0.05) is 45.5 Å². The van der Waals surface area contributed by atoms with Gasteiger partial charge in [0.2, 0.25) is 11.8 Å². The van der Waals surface area contributed by atoms with E-state index in [0.717, 1.165) is 46.2 Å². The minimum absolute atomic E-state index is 0.0651. The number of aromatic nitrogens is 4. The minimum Gasteiger partial charge on any atom is -0.488 e. The van der Waals surface area contributed by atoms with Crippen LogP contribution in [0, 0.1) is 11.8 Å². The number of likely N-dealkylation sites (tertiary alicyclic amines) is 2. The van der Waals surface area contributed by atoms with Crippen molar-refractivity contribution >= 4 is 47.2 Å². The second-order valence-electron chi connectivity index (χ2n) is 20.7. The molecule has 0 saturated carbocycles. The van der Waals surface area contributed by atoms with Crippen LogP contribution >= 0.6 is 23.2 Å². The first-order chi connectivity index (χ1) is 34.5. The topological polar surface area (TPSA) is 212 Å². The van der Waals surface area contributed by atoms with Gasteiger partial charge in [-0.2, -0.15) is 0 Å². The summed E-state index contributed by atoms with van der Waals surface area (Å²) < 4.78 is 35.0. The van der Waals surface area contributed by atoms with E-state index in [1.807, 2.05) is 75.6 Å². The van der Waals surface area contributed by atoms with Crippen molar-refractivity contribution in [2.45, 2.75) is 167 Å². The summed E-state index contributed by atoms with van der Waals surface area (Å²) >= 11 is 14.0. The molecule has 0 radical (unpaired) electrons. The van der Waals surface area contributed by atoms with E-state index in [9.17, 15) is 19.2 Å². The summed E-state index contributed by atoms with van der Waals surface area (Å²) in [4.78, 5) is 74.9. The highest BCUT2D eigenvalue weighted by Gasteiger charge is 2.47. The van der Waals surface area contributed by atoms with Gasteiger partial charge in [-0.3, -0.25) is 9.59 Å². The molecule has 6 aliphatic rings. The van der Waals surface area contributed by atoms with Crippen LogP contribution in [0.25, 0.3) is 33.6 Å². The predicted octanol–water partition coefficient (Wildman–Crippen LogP) is 9.19. The number of hydrogen-bond donors (Lipinski definition) is 4. The zero-order valence-electron chi connectivity index (χ0n) is 41.9. The lowest BCUT2D eigenvalue weighted by Crippen LogP contribution is -2.55. The molecule has 0 bridgehead atoms. The van der Waals surface area contributed by atoms with Gasteiger partial charge in [-0.25, -0.2) is 19.6 Å². The molecule has 4 saturated heterocycles. The van der Waals surface area contributed by atoms with E-state index >= 15 is 0 Å². The number of hydrogen-bond acceptors (Lipinski definition) is 12. The molecule has 10 atom stereocenters. The summed E-state index contributed by atoms with van der Waals surface area (Å²) in [6, 6.07) is 5.27.